The van der Waals surface area contributed by atoms with Crippen LogP contribution in [-0.2, 0) is 18.2 Å². The van der Waals surface area contributed by atoms with Crippen LogP contribution < -0.4 is 4.90 Å². The van der Waals surface area contributed by atoms with Crippen molar-refractivity contribution in [1.82, 2.24) is 29.5 Å². The van der Waals surface area contributed by atoms with E-state index in [0.717, 1.165) is 52.1 Å². The van der Waals surface area contributed by atoms with E-state index in [1.165, 1.54) is 18.7 Å². The standard InChI is InChI=1S/C25H22FN7O/c1-32-15-31-24-22(28-14-30-25(24)32)11-16-2-5-20(26)19(10-16)23-18-4-3-17(12-21(18)27-13-29-23)33-6-8-34-9-7-33/h2-5,10,12-15H,6-9,11H2,1H3. The average Bonchev–Trinajstić information content (AvgIpc) is 3.27. The SMILES string of the molecule is Cn1cnc2c(Cc3ccc(F)c(-c4ncnc5cc(N6CCOCC6)ccc45)c3)ncnc21. The molecule has 0 unspecified atom stereocenters. The fourth-order valence-corrected chi connectivity index (χ4v) is 4.46. The molecule has 4 heterocycles. The number of nitrogens with zero attached hydrogens (tertiary/aromatic N) is 7. The highest BCUT2D eigenvalue weighted by Gasteiger charge is 2.16. The fourth-order valence-electron chi connectivity index (χ4n) is 4.46. The molecule has 2 aromatic carbocycles. The normalized spacial score (nSPS) is 14.2. The molecule has 34 heavy (non-hydrogen) atoms. The van der Waals surface area contributed by atoms with Crippen LogP contribution in [-0.4, -0.2) is 55.8 Å². The second-order valence-electron chi connectivity index (χ2n) is 8.36. The summed E-state index contributed by atoms with van der Waals surface area (Å²) in [7, 11) is 1.90. The first kappa shape index (κ1) is 20.6. The minimum Gasteiger partial charge on any atom is -0.378 e. The van der Waals surface area contributed by atoms with E-state index in [0.29, 0.717) is 30.9 Å². The number of anilines is 1. The molecule has 0 N–H and O–H groups in total. The summed E-state index contributed by atoms with van der Waals surface area (Å²) >= 11 is 0. The molecule has 1 saturated heterocycles. The molecule has 1 fully saturated rings. The van der Waals surface area contributed by atoms with E-state index < -0.39 is 0 Å². The third kappa shape index (κ3) is 3.63. The third-order valence-electron chi connectivity index (χ3n) is 6.23. The van der Waals surface area contributed by atoms with Crippen LogP contribution in [0.1, 0.15) is 11.3 Å². The Morgan fingerprint density at radius 1 is 0.941 bits per heavy atom. The van der Waals surface area contributed by atoms with Crippen LogP contribution in [0.2, 0.25) is 0 Å². The average molecular weight is 455 g/mol. The molecule has 0 saturated carbocycles. The van der Waals surface area contributed by atoms with Crippen molar-refractivity contribution in [3.63, 3.8) is 0 Å². The molecule has 0 spiro atoms. The predicted molar refractivity (Wildman–Crippen MR) is 127 cm³/mol. The van der Waals surface area contributed by atoms with Crippen LogP contribution in [0.4, 0.5) is 10.1 Å². The van der Waals surface area contributed by atoms with E-state index >= 15 is 4.39 Å². The molecule has 1 aliphatic heterocycles. The van der Waals surface area contributed by atoms with Gasteiger partial charge in [-0.05, 0) is 35.9 Å². The summed E-state index contributed by atoms with van der Waals surface area (Å²) in [5.74, 6) is -0.327. The number of morpholine rings is 1. The quantitative estimate of drug-likeness (QED) is 0.410. The van der Waals surface area contributed by atoms with Gasteiger partial charge in [0.05, 0.1) is 36.4 Å². The number of aryl methyl sites for hydroxylation is 1. The summed E-state index contributed by atoms with van der Waals surface area (Å²) in [6.07, 6.45) is 5.26. The lowest BCUT2D eigenvalue weighted by Crippen LogP contribution is -2.36. The third-order valence-corrected chi connectivity index (χ3v) is 6.23. The summed E-state index contributed by atoms with van der Waals surface area (Å²) < 4.78 is 22.3. The molecule has 0 radical (unpaired) electrons. The topological polar surface area (TPSA) is 81.9 Å². The molecule has 0 atom stereocenters. The Bertz CT molecular complexity index is 1510. The maximum absolute atomic E-state index is 15.0. The van der Waals surface area contributed by atoms with Gasteiger partial charge in [-0.3, -0.25) is 0 Å². The van der Waals surface area contributed by atoms with Crippen molar-refractivity contribution in [2.45, 2.75) is 6.42 Å². The highest BCUT2D eigenvalue weighted by molar-refractivity contribution is 5.94. The van der Waals surface area contributed by atoms with Gasteiger partial charge in [-0.1, -0.05) is 6.07 Å². The van der Waals surface area contributed by atoms with Crippen LogP contribution in [0.3, 0.4) is 0 Å². The number of aromatic nitrogens is 6. The number of hydrogen-bond acceptors (Lipinski definition) is 7. The van der Waals surface area contributed by atoms with Crippen molar-refractivity contribution in [2.24, 2.45) is 7.05 Å². The monoisotopic (exact) mass is 455 g/mol. The molecule has 5 aromatic rings. The van der Waals surface area contributed by atoms with Crippen LogP contribution in [0.25, 0.3) is 33.3 Å². The minimum atomic E-state index is -0.327. The van der Waals surface area contributed by atoms with Crippen molar-refractivity contribution in [1.29, 1.82) is 0 Å². The molecule has 0 aliphatic carbocycles. The summed E-state index contributed by atoms with van der Waals surface area (Å²) in [5.41, 5.74) is 6.11. The number of halogens is 1. The van der Waals surface area contributed by atoms with Crippen LogP contribution in [0.5, 0.6) is 0 Å². The van der Waals surface area contributed by atoms with Crippen molar-refractivity contribution in [2.75, 3.05) is 31.2 Å². The maximum Gasteiger partial charge on any atom is 0.163 e. The van der Waals surface area contributed by atoms with Crippen molar-refractivity contribution < 1.29 is 9.13 Å². The van der Waals surface area contributed by atoms with Crippen LogP contribution in [0, 0.1) is 5.82 Å². The zero-order chi connectivity index (χ0) is 23.1. The lowest BCUT2D eigenvalue weighted by Gasteiger charge is -2.29. The number of rotatable bonds is 4. The van der Waals surface area contributed by atoms with Gasteiger partial charge in [0, 0.05) is 43.2 Å². The van der Waals surface area contributed by atoms with Gasteiger partial charge < -0.3 is 14.2 Å². The number of fused-ring (bicyclic) bond motifs is 2. The van der Waals surface area contributed by atoms with E-state index in [4.69, 9.17) is 4.74 Å². The minimum absolute atomic E-state index is 0.327. The Morgan fingerprint density at radius 3 is 2.68 bits per heavy atom. The second-order valence-corrected chi connectivity index (χ2v) is 8.36. The van der Waals surface area contributed by atoms with Crippen molar-refractivity contribution in [3.8, 4) is 11.3 Å². The number of benzene rings is 2. The van der Waals surface area contributed by atoms with E-state index in [9.17, 15) is 0 Å². The summed E-state index contributed by atoms with van der Waals surface area (Å²) in [5, 5.41) is 0.810. The molecule has 170 valence electrons. The number of ether oxygens (including phenoxy) is 1. The molecular weight excluding hydrogens is 433 g/mol. The maximum atomic E-state index is 15.0. The molecule has 0 bridgehead atoms. The lowest BCUT2D eigenvalue weighted by molar-refractivity contribution is 0.122. The van der Waals surface area contributed by atoms with Gasteiger partial charge in [-0.2, -0.15) is 0 Å². The molecule has 0 amide bonds. The van der Waals surface area contributed by atoms with Gasteiger partial charge in [0.2, 0.25) is 0 Å². The van der Waals surface area contributed by atoms with Gasteiger partial charge in [0.1, 0.15) is 24.0 Å². The van der Waals surface area contributed by atoms with E-state index in [1.807, 2.05) is 35.9 Å². The summed E-state index contributed by atoms with van der Waals surface area (Å²) in [6.45, 7) is 3.10. The number of hydrogen-bond donors (Lipinski definition) is 0. The van der Waals surface area contributed by atoms with Gasteiger partial charge in [0.15, 0.2) is 5.65 Å². The summed E-state index contributed by atoms with van der Waals surface area (Å²) in [4.78, 5) is 24.3. The van der Waals surface area contributed by atoms with Crippen molar-refractivity contribution in [3.05, 3.63) is 72.5 Å². The molecule has 8 nitrogen and oxygen atoms in total. The van der Waals surface area contributed by atoms with Crippen LogP contribution in [0.15, 0.2) is 55.4 Å². The lowest BCUT2D eigenvalue weighted by atomic mass is 10.0. The van der Waals surface area contributed by atoms with E-state index in [-0.39, 0.29) is 5.82 Å². The Hall–Kier alpha value is -3.98. The first-order valence-corrected chi connectivity index (χ1v) is 11.1. The Balaban J connectivity index is 1.38. The number of imidazole rings is 1. The highest BCUT2D eigenvalue weighted by Crippen LogP contribution is 2.31. The molecular formula is C25H22FN7O. The first-order valence-electron chi connectivity index (χ1n) is 11.1. The van der Waals surface area contributed by atoms with Gasteiger partial charge in [-0.25, -0.2) is 29.3 Å². The second kappa shape index (κ2) is 8.42. The van der Waals surface area contributed by atoms with Crippen LogP contribution >= 0.6 is 0 Å². The Morgan fingerprint density at radius 2 is 1.79 bits per heavy atom. The molecule has 1 aliphatic rings. The van der Waals surface area contributed by atoms with Gasteiger partial charge >= 0.3 is 0 Å². The largest absolute Gasteiger partial charge is 0.378 e. The molecule has 3 aromatic heterocycles. The zero-order valence-electron chi connectivity index (χ0n) is 18.6. The first-order chi connectivity index (χ1) is 16.7. The smallest absolute Gasteiger partial charge is 0.163 e. The van der Waals surface area contributed by atoms with Gasteiger partial charge in [0.25, 0.3) is 0 Å². The molecule has 9 heteroatoms. The Kier molecular flexibility index (Phi) is 5.10. The predicted octanol–water partition coefficient (Wildman–Crippen LogP) is 3.54. The summed E-state index contributed by atoms with van der Waals surface area (Å²) in [6, 6.07) is 11.1. The molecule has 6 rings (SSSR count). The van der Waals surface area contributed by atoms with E-state index in [2.05, 4.69) is 29.8 Å². The van der Waals surface area contributed by atoms with Gasteiger partial charge in [-0.15, -0.1) is 0 Å². The fraction of sp³-hybridized carbons (Fsp3) is 0.240. The highest BCUT2D eigenvalue weighted by atomic mass is 19.1. The zero-order valence-corrected chi connectivity index (χ0v) is 18.6. The Labute approximate surface area is 195 Å². The van der Waals surface area contributed by atoms with E-state index in [1.54, 1.807) is 12.4 Å². The van der Waals surface area contributed by atoms with Crippen molar-refractivity contribution >= 4 is 27.8 Å².